The molecule has 0 spiro atoms. The first kappa shape index (κ1) is 16.2. The van der Waals surface area contributed by atoms with E-state index in [1.807, 2.05) is 23.1 Å². The Morgan fingerprint density at radius 3 is 2.71 bits per heavy atom. The van der Waals surface area contributed by atoms with Crippen LogP contribution in [0.2, 0.25) is 0 Å². The molecule has 0 amide bonds. The van der Waals surface area contributed by atoms with Gasteiger partial charge in [0.1, 0.15) is 5.82 Å². The Labute approximate surface area is 133 Å². The lowest BCUT2D eigenvalue weighted by atomic mass is 10.0. The molecule has 1 heterocycles. The van der Waals surface area contributed by atoms with E-state index in [-0.39, 0.29) is 11.9 Å². The Kier molecular flexibility index (Phi) is 5.94. The van der Waals surface area contributed by atoms with E-state index in [4.69, 9.17) is 0 Å². The number of hydrogen-bond acceptors (Lipinski definition) is 2. The molecular formula is C16H21BrFN3. The minimum atomic E-state index is -0.233. The molecule has 0 bridgehead atoms. The van der Waals surface area contributed by atoms with Crippen molar-refractivity contribution in [2.24, 2.45) is 0 Å². The lowest BCUT2D eigenvalue weighted by molar-refractivity contribution is 0.580. The van der Waals surface area contributed by atoms with Gasteiger partial charge < -0.3 is 5.32 Å². The topological polar surface area (TPSA) is 29.9 Å². The number of hydrogen-bond donors (Lipinski definition) is 1. The summed E-state index contributed by atoms with van der Waals surface area (Å²) in [5.41, 5.74) is 1.97. The minimum absolute atomic E-state index is 0.0393. The molecule has 1 aromatic carbocycles. The highest BCUT2D eigenvalue weighted by atomic mass is 79.9. The molecule has 0 fully saturated rings. The summed E-state index contributed by atoms with van der Waals surface area (Å²) in [7, 11) is 0. The first-order valence-corrected chi connectivity index (χ1v) is 8.15. The summed E-state index contributed by atoms with van der Waals surface area (Å²) in [6.07, 6.45) is 5.97. The van der Waals surface area contributed by atoms with Gasteiger partial charge in [0.25, 0.3) is 0 Å². The van der Waals surface area contributed by atoms with Crippen molar-refractivity contribution in [1.29, 1.82) is 0 Å². The van der Waals surface area contributed by atoms with Crippen LogP contribution in [0.5, 0.6) is 0 Å². The van der Waals surface area contributed by atoms with Gasteiger partial charge >= 0.3 is 0 Å². The van der Waals surface area contributed by atoms with Crippen molar-refractivity contribution in [1.82, 2.24) is 15.1 Å². The predicted octanol–water partition coefficient (Wildman–Crippen LogP) is 4.28. The molecule has 1 N–H and O–H groups in total. The molecule has 3 nitrogen and oxygen atoms in total. The van der Waals surface area contributed by atoms with Crippen molar-refractivity contribution in [3.05, 3.63) is 52.0 Å². The van der Waals surface area contributed by atoms with Crippen LogP contribution >= 0.6 is 15.9 Å². The van der Waals surface area contributed by atoms with Gasteiger partial charge in [0.15, 0.2) is 0 Å². The van der Waals surface area contributed by atoms with E-state index in [0.717, 1.165) is 41.5 Å². The molecule has 5 heteroatoms. The normalized spacial score (nSPS) is 12.6. The second-order valence-electron chi connectivity index (χ2n) is 5.13. The quantitative estimate of drug-likeness (QED) is 0.804. The summed E-state index contributed by atoms with van der Waals surface area (Å²) in [6, 6.07) is 4.96. The highest BCUT2D eigenvalue weighted by molar-refractivity contribution is 9.10. The van der Waals surface area contributed by atoms with Gasteiger partial charge in [0.05, 0.1) is 12.2 Å². The van der Waals surface area contributed by atoms with Crippen LogP contribution in [0.3, 0.4) is 0 Å². The first-order chi connectivity index (χ1) is 10.1. The van der Waals surface area contributed by atoms with Gasteiger partial charge in [0.2, 0.25) is 0 Å². The van der Waals surface area contributed by atoms with Crippen LogP contribution in [0.1, 0.15) is 43.9 Å². The molecule has 0 saturated carbocycles. The second kappa shape index (κ2) is 7.71. The fourth-order valence-electron chi connectivity index (χ4n) is 2.34. The van der Waals surface area contributed by atoms with Gasteiger partial charge in [-0.25, -0.2) is 4.39 Å². The van der Waals surface area contributed by atoms with Crippen molar-refractivity contribution >= 4 is 15.9 Å². The maximum atomic E-state index is 13.7. The summed E-state index contributed by atoms with van der Waals surface area (Å²) in [5.74, 6) is -0.233. The largest absolute Gasteiger partial charge is 0.306 e. The summed E-state index contributed by atoms with van der Waals surface area (Å²) in [5, 5.41) is 7.85. The van der Waals surface area contributed by atoms with Crippen molar-refractivity contribution < 1.29 is 4.39 Å². The molecule has 2 rings (SSSR count). The zero-order chi connectivity index (χ0) is 15.2. The lowest BCUT2D eigenvalue weighted by Crippen LogP contribution is -2.23. The monoisotopic (exact) mass is 353 g/mol. The maximum absolute atomic E-state index is 13.7. The SMILES string of the molecule is CCCNC(c1cc(F)cc(Br)c1)c1cnn(CCC)c1. The number of nitrogens with one attached hydrogen (secondary N) is 1. The Bertz CT molecular complexity index is 562. The fourth-order valence-corrected chi connectivity index (χ4v) is 2.82. The van der Waals surface area contributed by atoms with Crippen LogP contribution in [-0.4, -0.2) is 16.3 Å². The summed E-state index contributed by atoms with van der Waals surface area (Å²) >= 11 is 3.36. The third kappa shape index (κ3) is 4.38. The molecule has 0 aliphatic carbocycles. The average Bonchev–Trinajstić information content (AvgIpc) is 2.87. The molecule has 0 aliphatic rings. The lowest BCUT2D eigenvalue weighted by Gasteiger charge is -2.18. The van der Waals surface area contributed by atoms with Gasteiger partial charge in [-0.15, -0.1) is 0 Å². The highest BCUT2D eigenvalue weighted by Gasteiger charge is 2.16. The van der Waals surface area contributed by atoms with Gasteiger partial charge in [-0.3, -0.25) is 4.68 Å². The molecule has 0 aliphatic heterocycles. The third-order valence-electron chi connectivity index (χ3n) is 3.26. The number of aryl methyl sites for hydroxylation is 1. The van der Waals surface area contributed by atoms with E-state index in [1.165, 1.54) is 6.07 Å². The van der Waals surface area contributed by atoms with Crippen LogP contribution < -0.4 is 5.32 Å². The molecule has 0 saturated heterocycles. The Morgan fingerprint density at radius 1 is 1.24 bits per heavy atom. The van der Waals surface area contributed by atoms with Crippen molar-refractivity contribution in [2.75, 3.05) is 6.54 Å². The van der Waals surface area contributed by atoms with E-state index >= 15 is 0 Å². The van der Waals surface area contributed by atoms with E-state index < -0.39 is 0 Å². The second-order valence-corrected chi connectivity index (χ2v) is 6.04. The minimum Gasteiger partial charge on any atom is -0.306 e. The molecule has 1 atom stereocenters. The predicted molar refractivity (Wildman–Crippen MR) is 86.8 cm³/mol. The number of benzene rings is 1. The Morgan fingerprint density at radius 2 is 2.05 bits per heavy atom. The molecule has 114 valence electrons. The van der Waals surface area contributed by atoms with Crippen LogP contribution in [-0.2, 0) is 6.54 Å². The maximum Gasteiger partial charge on any atom is 0.124 e. The summed E-state index contributed by atoms with van der Waals surface area (Å²) < 4.78 is 16.4. The van der Waals surface area contributed by atoms with Crippen molar-refractivity contribution in [2.45, 2.75) is 39.3 Å². The van der Waals surface area contributed by atoms with E-state index in [0.29, 0.717) is 0 Å². The first-order valence-electron chi connectivity index (χ1n) is 7.35. The third-order valence-corrected chi connectivity index (χ3v) is 3.71. The zero-order valence-corrected chi connectivity index (χ0v) is 14.0. The zero-order valence-electron chi connectivity index (χ0n) is 12.4. The Hall–Kier alpha value is -1.20. The highest BCUT2D eigenvalue weighted by Crippen LogP contribution is 2.25. The summed E-state index contributed by atoms with van der Waals surface area (Å²) in [6.45, 7) is 6.01. The molecule has 21 heavy (non-hydrogen) atoms. The van der Waals surface area contributed by atoms with Crippen molar-refractivity contribution in [3.8, 4) is 0 Å². The van der Waals surface area contributed by atoms with E-state index in [2.05, 4.69) is 40.2 Å². The van der Waals surface area contributed by atoms with Crippen LogP contribution in [0.4, 0.5) is 4.39 Å². The Balaban J connectivity index is 2.31. The van der Waals surface area contributed by atoms with E-state index in [1.54, 1.807) is 6.07 Å². The van der Waals surface area contributed by atoms with Crippen molar-refractivity contribution in [3.63, 3.8) is 0 Å². The number of halogens is 2. The number of aromatic nitrogens is 2. The molecular weight excluding hydrogens is 333 g/mol. The van der Waals surface area contributed by atoms with Gasteiger partial charge in [-0.2, -0.15) is 5.10 Å². The van der Waals surface area contributed by atoms with E-state index in [9.17, 15) is 4.39 Å². The molecule has 0 radical (unpaired) electrons. The average molecular weight is 354 g/mol. The number of nitrogens with zero attached hydrogens (tertiary/aromatic N) is 2. The van der Waals surface area contributed by atoms with Crippen LogP contribution in [0.25, 0.3) is 0 Å². The smallest absolute Gasteiger partial charge is 0.124 e. The van der Waals surface area contributed by atoms with Crippen LogP contribution in [0, 0.1) is 5.82 Å². The molecule has 1 aromatic heterocycles. The fraction of sp³-hybridized carbons (Fsp3) is 0.438. The summed E-state index contributed by atoms with van der Waals surface area (Å²) in [4.78, 5) is 0. The van der Waals surface area contributed by atoms with Gasteiger partial charge in [-0.1, -0.05) is 29.8 Å². The number of rotatable bonds is 7. The van der Waals surface area contributed by atoms with Gasteiger partial charge in [-0.05, 0) is 43.1 Å². The van der Waals surface area contributed by atoms with Gasteiger partial charge in [0, 0.05) is 22.8 Å². The standard InChI is InChI=1S/C16H21BrFN3/c1-3-5-19-16(12-7-14(17)9-15(18)8-12)13-10-20-21(11-13)6-4-2/h7-11,16,19H,3-6H2,1-2H3. The molecule has 1 unspecified atom stereocenters. The molecule has 2 aromatic rings. The van der Waals surface area contributed by atoms with Crippen LogP contribution in [0.15, 0.2) is 35.1 Å².